The van der Waals surface area contributed by atoms with E-state index in [1.165, 1.54) is 22.3 Å². The lowest BCUT2D eigenvalue weighted by molar-refractivity contribution is -0.138. The molecule has 4 aromatic heterocycles. The first-order valence-electron chi connectivity index (χ1n) is 27.5. The van der Waals surface area contributed by atoms with E-state index in [2.05, 4.69) is 189 Å². The third-order valence-corrected chi connectivity index (χ3v) is 17.0. The summed E-state index contributed by atoms with van der Waals surface area (Å²) in [7, 11) is 0. The Hall–Kier alpha value is -7.84. The molecule has 0 fully saturated rings. The van der Waals surface area contributed by atoms with Crippen LogP contribution in [-0.4, -0.2) is 8.80 Å². The van der Waals surface area contributed by atoms with Gasteiger partial charge in [0.1, 0.15) is 0 Å². The van der Waals surface area contributed by atoms with E-state index in [0.717, 1.165) is 134 Å². The molecule has 0 bridgehead atoms. The maximum Gasteiger partial charge on any atom is 0.416 e. The van der Waals surface area contributed by atoms with E-state index in [4.69, 9.17) is 0 Å². The van der Waals surface area contributed by atoms with E-state index in [-0.39, 0.29) is 21.7 Å². The molecule has 0 saturated carbocycles. The summed E-state index contributed by atoms with van der Waals surface area (Å²) >= 11 is 0. The first-order chi connectivity index (χ1) is 37.5. The van der Waals surface area contributed by atoms with Gasteiger partial charge in [0.25, 0.3) is 0 Å². The van der Waals surface area contributed by atoms with Crippen molar-refractivity contribution in [1.82, 2.24) is 8.80 Å². The first kappa shape index (κ1) is 51.6. The maximum absolute atomic E-state index is 14.0. The minimum atomic E-state index is -4.48. The van der Waals surface area contributed by atoms with Gasteiger partial charge in [0, 0.05) is 54.2 Å². The largest absolute Gasteiger partial charge is 0.416 e. The van der Waals surface area contributed by atoms with E-state index >= 15 is 0 Å². The zero-order valence-electron chi connectivity index (χ0n) is 47.2. The maximum atomic E-state index is 14.0. The Morgan fingerprint density at radius 1 is 0.263 bits per heavy atom. The van der Waals surface area contributed by atoms with Crippen LogP contribution >= 0.6 is 0 Å². The third-order valence-electron chi connectivity index (χ3n) is 17.0. The number of halogens is 6. The molecule has 13 rings (SSSR count). The number of rotatable bonds is 4. The Labute approximate surface area is 462 Å². The van der Waals surface area contributed by atoms with E-state index < -0.39 is 23.5 Å². The molecule has 2 nitrogen and oxygen atoms in total. The van der Waals surface area contributed by atoms with Gasteiger partial charge in [0.05, 0.1) is 44.2 Å². The standard InChI is InChI=1S/C72H62F6N2/c1-67(2,3)47-31-43(32-48(37-47)68(4,5)6)51-15-13-17-53-59-61-56-36-42(40-21-27-46(28-22-40)72(76,77)78)24-30-58(56)80-64-52(44-33-49(69(7,8)9)38-50(34-44)70(10,11)12)16-14-18-54(64)60(66(61)80)62-55-35-41(23-29-57(55)79(63(51)53)65(59)62)39-19-25-45(26-20-39)71(73,74)75/h13-38H,1-12H3. The Kier molecular flexibility index (Phi) is 10.9. The highest BCUT2D eigenvalue weighted by Gasteiger charge is 2.34. The van der Waals surface area contributed by atoms with Gasteiger partial charge in [0.15, 0.2) is 0 Å². The number of alkyl halides is 6. The summed E-state index contributed by atoms with van der Waals surface area (Å²) in [6.45, 7) is 27.0. The van der Waals surface area contributed by atoms with Crippen molar-refractivity contribution in [1.29, 1.82) is 0 Å². The number of aromatic nitrogens is 2. The zero-order chi connectivity index (χ0) is 56.7. The van der Waals surface area contributed by atoms with Gasteiger partial charge < -0.3 is 8.80 Å². The Morgan fingerprint density at radius 3 is 0.863 bits per heavy atom. The normalized spacial score (nSPS) is 13.6. The highest BCUT2D eigenvalue weighted by atomic mass is 19.4. The smallest absolute Gasteiger partial charge is 0.307 e. The molecule has 0 atom stereocenters. The fraction of sp³-hybridized carbons (Fsp3) is 0.250. The van der Waals surface area contributed by atoms with Gasteiger partial charge in [-0.3, -0.25) is 0 Å². The van der Waals surface area contributed by atoms with Gasteiger partial charge in [0.2, 0.25) is 0 Å². The molecule has 9 aromatic carbocycles. The number of para-hydroxylation sites is 2. The predicted molar refractivity (Wildman–Crippen MR) is 322 cm³/mol. The molecule has 13 aromatic rings. The summed E-state index contributed by atoms with van der Waals surface area (Å²) < 4.78 is 88.9. The van der Waals surface area contributed by atoms with Gasteiger partial charge >= 0.3 is 12.4 Å². The molecule has 0 aliphatic heterocycles. The first-order valence-corrected chi connectivity index (χ1v) is 27.5. The molecular formula is C72H62F6N2. The second-order valence-corrected chi connectivity index (χ2v) is 26.5. The summed E-state index contributed by atoms with van der Waals surface area (Å²) in [5, 5.41) is 8.25. The second-order valence-electron chi connectivity index (χ2n) is 26.5. The van der Waals surface area contributed by atoms with Crippen LogP contribution in [0.4, 0.5) is 26.3 Å². The van der Waals surface area contributed by atoms with Crippen LogP contribution in [0.25, 0.3) is 121 Å². The molecule has 0 aliphatic carbocycles. The van der Waals surface area contributed by atoms with E-state index in [9.17, 15) is 26.3 Å². The Balaban J connectivity index is 1.25. The lowest BCUT2D eigenvalue weighted by Crippen LogP contribution is -2.16. The van der Waals surface area contributed by atoms with Crippen LogP contribution in [-0.2, 0) is 34.0 Å². The minimum absolute atomic E-state index is 0.154. The Bertz CT molecular complexity index is 4300. The van der Waals surface area contributed by atoms with Crippen molar-refractivity contribution in [2.75, 3.05) is 0 Å². The van der Waals surface area contributed by atoms with Crippen LogP contribution < -0.4 is 0 Å². The molecule has 0 unspecified atom stereocenters. The molecule has 402 valence electrons. The molecule has 0 amide bonds. The summed E-state index contributed by atoms with van der Waals surface area (Å²) in [5.74, 6) is 0. The predicted octanol–water partition coefficient (Wildman–Crippen LogP) is 21.9. The van der Waals surface area contributed by atoms with Gasteiger partial charge in [-0.05, 0) is 126 Å². The summed E-state index contributed by atoms with van der Waals surface area (Å²) in [5.41, 5.74) is 16.2. The molecule has 0 saturated heterocycles. The van der Waals surface area contributed by atoms with E-state index in [1.54, 1.807) is 24.3 Å². The topological polar surface area (TPSA) is 8.82 Å². The van der Waals surface area contributed by atoms with Gasteiger partial charge in [-0.2, -0.15) is 26.3 Å². The average Bonchev–Trinajstić information content (AvgIpc) is 3.05. The van der Waals surface area contributed by atoms with Crippen LogP contribution in [0.5, 0.6) is 0 Å². The lowest BCUT2D eigenvalue weighted by Gasteiger charge is -2.26. The molecule has 8 heteroatoms. The van der Waals surface area contributed by atoms with Crippen molar-refractivity contribution in [3.8, 4) is 44.5 Å². The van der Waals surface area contributed by atoms with Crippen LogP contribution in [0.3, 0.4) is 0 Å². The summed E-state index contributed by atoms with van der Waals surface area (Å²) in [6.07, 6.45) is -8.95. The molecule has 0 aliphatic rings. The molecule has 80 heavy (non-hydrogen) atoms. The van der Waals surface area contributed by atoms with Crippen molar-refractivity contribution in [2.45, 2.75) is 117 Å². The second kappa shape index (κ2) is 16.9. The quantitative estimate of drug-likeness (QED) is 0.155. The SMILES string of the molecule is CC(C)(C)c1cc(-c2cccc3c4c5c6cc(-c7ccc(C(F)(F)F)cc7)ccc6n6c7c(-c8cc(C(C)(C)C)cc(C(C)(C)C)c8)cccc7c(c7c8cc(-c9ccc(C(F)(F)F)cc9)ccc8n(c23)c74)c56)cc(C(C)(C)C)c1. The molecule has 0 N–H and O–H groups in total. The van der Waals surface area contributed by atoms with Gasteiger partial charge in [-0.1, -0.05) is 192 Å². The number of benzene rings is 9. The van der Waals surface area contributed by atoms with Crippen molar-refractivity contribution >= 4 is 76.2 Å². The van der Waals surface area contributed by atoms with Crippen LogP contribution in [0.1, 0.15) is 116 Å². The highest BCUT2D eigenvalue weighted by molar-refractivity contribution is 6.46. The van der Waals surface area contributed by atoms with Crippen molar-refractivity contribution in [2.24, 2.45) is 0 Å². The summed E-state index contributed by atoms with van der Waals surface area (Å²) in [6, 6.07) is 50.8. The summed E-state index contributed by atoms with van der Waals surface area (Å²) in [4.78, 5) is 0. The van der Waals surface area contributed by atoms with Crippen molar-refractivity contribution in [3.05, 3.63) is 191 Å². The fourth-order valence-electron chi connectivity index (χ4n) is 12.6. The van der Waals surface area contributed by atoms with Crippen LogP contribution in [0, 0.1) is 0 Å². The van der Waals surface area contributed by atoms with E-state index in [0.29, 0.717) is 11.1 Å². The molecule has 0 spiro atoms. The van der Waals surface area contributed by atoms with Crippen LogP contribution in [0.15, 0.2) is 158 Å². The number of hydrogen-bond donors (Lipinski definition) is 0. The molecular weight excluding hydrogens is 1010 g/mol. The monoisotopic (exact) mass is 1070 g/mol. The fourth-order valence-corrected chi connectivity index (χ4v) is 12.6. The van der Waals surface area contributed by atoms with Gasteiger partial charge in [-0.25, -0.2) is 0 Å². The van der Waals surface area contributed by atoms with Crippen LogP contribution in [0.2, 0.25) is 0 Å². The Morgan fingerprint density at radius 2 is 0.562 bits per heavy atom. The lowest BCUT2D eigenvalue weighted by atomic mass is 9.78. The third kappa shape index (κ3) is 7.90. The van der Waals surface area contributed by atoms with E-state index in [1.807, 2.05) is 12.1 Å². The average molecular weight is 1070 g/mol. The zero-order valence-corrected chi connectivity index (χ0v) is 47.2. The van der Waals surface area contributed by atoms with Crippen molar-refractivity contribution < 1.29 is 26.3 Å². The number of fused-ring (bicyclic) bond motifs is 14. The highest BCUT2D eigenvalue weighted by Crippen LogP contribution is 2.55. The number of nitrogens with zero attached hydrogens (tertiary/aromatic N) is 2. The van der Waals surface area contributed by atoms with Gasteiger partial charge in [-0.15, -0.1) is 0 Å². The minimum Gasteiger partial charge on any atom is -0.307 e. The molecule has 0 radical (unpaired) electrons. The van der Waals surface area contributed by atoms with Crippen molar-refractivity contribution in [3.63, 3.8) is 0 Å². The molecule has 4 heterocycles. The number of hydrogen-bond acceptors (Lipinski definition) is 0.